The fraction of sp³-hybridized carbons (Fsp3) is 0.600. The van der Waals surface area contributed by atoms with E-state index in [0.29, 0.717) is 23.6 Å². The zero-order chi connectivity index (χ0) is 15.0. The van der Waals surface area contributed by atoms with E-state index in [2.05, 4.69) is 5.32 Å². The first-order valence-corrected chi connectivity index (χ1v) is 8.23. The molecule has 0 radical (unpaired) electrons. The summed E-state index contributed by atoms with van der Waals surface area (Å²) in [6.07, 6.45) is 4.17. The highest BCUT2D eigenvalue weighted by molar-refractivity contribution is 7.17. The van der Waals surface area contributed by atoms with Crippen LogP contribution in [0.3, 0.4) is 0 Å². The first kappa shape index (κ1) is 14.5. The topological polar surface area (TPSA) is 75.6 Å². The summed E-state index contributed by atoms with van der Waals surface area (Å²) in [6.45, 7) is 2.60. The van der Waals surface area contributed by atoms with E-state index in [0.717, 1.165) is 36.1 Å². The molecule has 0 saturated carbocycles. The fourth-order valence-corrected chi connectivity index (χ4v) is 4.56. The number of hydrogen-bond donors (Lipinski definition) is 2. The minimum Gasteiger partial charge on any atom is -0.478 e. The molecule has 0 spiro atoms. The highest BCUT2D eigenvalue weighted by atomic mass is 32.1. The van der Waals surface area contributed by atoms with E-state index < -0.39 is 5.97 Å². The molecular weight excluding hydrogens is 290 g/mol. The number of carbonyl (C=O) groups excluding carboxylic acids is 1. The molecule has 2 aliphatic rings. The molecule has 6 heteroatoms. The molecule has 5 nitrogen and oxygen atoms in total. The van der Waals surface area contributed by atoms with Crippen LogP contribution in [0.4, 0.5) is 5.00 Å². The summed E-state index contributed by atoms with van der Waals surface area (Å²) >= 11 is 1.42. The Hall–Kier alpha value is -1.40. The van der Waals surface area contributed by atoms with Gasteiger partial charge >= 0.3 is 5.97 Å². The first-order valence-electron chi connectivity index (χ1n) is 7.42. The van der Waals surface area contributed by atoms with Gasteiger partial charge in [-0.1, -0.05) is 6.92 Å². The Morgan fingerprint density at radius 1 is 1.43 bits per heavy atom. The smallest absolute Gasteiger partial charge is 0.339 e. The molecule has 2 N–H and O–H groups in total. The van der Waals surface area contributed by atoms with Gasteiger partial charge in [-0.3, -0.25) is 4.79 Å². The molecule has 1 aromatic rings. The van der Waals surface area contributed by atoms with Crippen LogP contribution in [0.1, 0.15) is 47.0 Å². The van der Waals surface area contributed by atoms with Crippen molar-refractivity contribution in [3.63, 3.8) is 0 Å². The second-order valence-corrected chi connectivity index (χ2v) is 6.67. The number of aryl methyl sites for hydroxylation is 1. The third kappa shape index (κ3) is 2.58. The number of amides is 1. The minimum atomic E-state index is -0.945. The number of thiophene rings is 1. The quantitative estimate of drug-likeness (QED) is 0.896. The summed E-state index contributed by atoms with van der Waals surface area (Å²) in [5.74, 6) is -1.23. The fourth-order valence-electron chi connectivity index (χ4n) is 3.27. The lowest BCUT2D eigenvalue weighted by Gasteiger charge is -2.16. The Morgan fingerprint density at radius 3 is 2.95 bits per heavy atom. The molecule has 21 heavy (non-hydrogen) atoms. The zero-order valence-electron chi connectivity index (χ0n) is 12.0. The summed E-state index contributed by atoms with van der Waals surface area (Å²) in [4.78, 5) is 25.0. The predicted octanol–water partition coefficient (Wildman–Crippen LogP) is 2.69. The maximum atomic E-state index is 12.4. The summed E-state index contributed by atoms with van der Waals surface area (Å²) in [6, 6.07) is 0. The van der Waals surface area contributed by atoms with Crippen LogP contribution in [0.2, 0.25) is 0 Å². The molecule has 0 aromatic carbocycles. The summed E-state index contributed by atoms with van der Waals surface area (Å²) in [5, 5.41) is 12.8. The maximum absolute atomic E-state index is 12.4. The maximum Gasteiger partial charge on any atom is 0.339 e. The Morgan fingerprint density at radius 2 is 2.24 bits per heavy atom. The lowest BCUT2D eigenvalue weighted by atomic mass is 9.98. The Balaban J connectivity index is 1.82. The molecule has 1 aliphatic carbocycles. The molecule has 1 fully saturated rings. The number of carboxylic acids is 1. The average Bonchev–Trinajstić information content (AvgIpc) is 3.11. The Kier molecular flexibility index (Phi) is 3.99. The third-order valence-electron chi connectivity index (χ3n) is 4.32. The minimum absolute atomic E-state index is 0.0508. The number of ether oxygens (including phenoxy) is 1. The van der Waals surface area contributed by atoms with Crippen LogP contribution in [0.5, 0.6) is 0 Å². The largest absolute Gasteiger partial charge is 0.478 e. The number of rotatable bonds is 4. The van der Waals surface area contributed by atoms with E-state index >= 15 is 0 Å². The standard InChI is InChI=1S/C15H19NO4S/c1-2-10-8(6-7-20-10)13(17)16-14-12(15(18)19)9-4-3-5-11(9)21-14/h8,10H,2-7H2,1H3,(H,16,17)(H,18,19). The molecule has 1 aliphatic heterocycles. The molecule has 2 heterocycles. The van der Waals surface area contributed by atoms with Gasteiger partial charge in [-0.2, -0.15) is 0 Å². The van der Waals surface area contributed by atoms with E-state index in [9.17, 15) is 14.7 Å². The monoisotopic (exact) mass is 309 g/mol. The molecule has 3 rings (SSSR count). The number of hydrogen-bond acceptors (Lipinski definition) is 4. The number of fused-ring (bicyclic) bond motifs is 1. The van der Waals surface area contributed by atoms with Gasteiger partial charge in [0, 0.05) is 11.5 Å². The van der Waals surface area contributed by atoms with Crippen molar-refractivity contribution in [3.05, 3.63) is 16.0 Å². The molecule has 1 aromatic heterocycles. The van der Waals surface area contributed by atoms with E-state index in [1.165, 1.54) is 11.3 Å². The average molecular weight is 309 g/mol. The third-order valence-corrected chi connectivity index (χ3v) is 5.53. The number of aromatic carboxylic acids is 1. The summed E-state index contributed by atoms with van der Waals surface area (Å²) in [5.41, 5.74) is 1.21. The normalized spacial score (nSPS) is 24.0. The highest BCUT2D eigenvalue weighted by Crippen LogP contribution is 2.39. The molecule has 1 saturated heterocycles. The van der Waals surface area contributed by atoms with Crippen molar-refractivity contribution in [1.82, 2.24) is 0 Å². The van der Waals surface area contributed by atoms with Gasteiger partial charge in [0.25, 0.3) is 0 Å². The van der Waals surface area contributed by atoms with Crippen molar-refractivity contribution < 1.29 is 19.4 Å². The Labute approximate surface area is 127 Å². The van der Waals surface area contributed by atoms with Gasteiger partial charge in [-0.25, -0.2) is 4.79 Å². The van der Waals surface area contributed by atoms with Crippen molar-refractivity contribution in [2.45, 2.75) is 45.1 Å². The van der Waals surface area contributed by atoms with Crippen LogP contribution in [-0.4, -0.2) is 29.7 Å². The first-order chi connectivity index (χ1) is 10.1. The predicted molar refractivity (Wildman–Crippen MR) is 80.1 cm³/mol. The highest BCUT2D eigenvalue weighted by Gasteiger charge is 2.34. The number of carboxylic acid groups (broad SMARTS) is 1. The van der Waals surface area contributed by atoms with E-state index in [-0.39, 0.29) is 17.9 Å². The van der Waals surface area contributed by atoms with Crippen LogP contribution in [-0.2, 0) is 22.4 Å². The van der Waals surface area contributed by atoms with E-state index in [4.69, 9.17) is 4.74 Å². The number of anilines is 1. The Bertz CT molecular complexity index is 580. The molecule has 2 unspecified atom stereocenters. The summed E-state index contributed by atoms with van der Waals surface area (Å²) in [7, 11) is 0. The zero-order valence-corrected chi connectivity index (χ0v) is 12.8. The lowest BCUT2D eigenvalue weighted by molar-refractivity contribution is -0.121. The van der Waals surface area contributed by atoms with Crippen molar-refractivity contribution in [3.8, 4) is 0 Å². The van der Waals surface area contributed by atoms with Crippen molar-refractivity contribution in [2.75, 3.05) is 11.9 Å². The van der Waals surface area contributed by atoms with Gasteiger partial charge < -0.3 is 15.2 Å². The van der Waals surface area contributed by atoms with Gasteiger partial charge in [0.05, 0.1) is 17.6 Å². The van der Waals surface area contributed by atoms with Crippen molar-refractivity contribution in [1.29, 1.82) is 0 Å². The van der Waals surface area contributed by atoms with E-state index in [1.807, 2.05) is 6.92 Å². The van der Waals surface area contributed by atoms with Gasteiger partial charge in [-0.05, 0) is 37.7 Å². The van der Waals surface area contributed by atoms with E-state index in [1.54, 1.807) is 0 Å². The second-order valence-electron chi connectivity index (χ2n) is 5.57. The molecule has 114 valence electrons. The molecule has 1 amide bonds. The van der Waals surface area contributed by atoms with Crippen molar-refractivity contribution in [2.24, 2.45) is 5.92 Å². The SMILES string of the molecule is CCC1OCCC1C(=O)Nc1sc2c(c1C(=O)O)CCC2. The van der Waals surface area contributed by atoms with Crippen LogP contribution >= 0.6 is 11.3 Å². The molecular formula is C15H19NO4S. The van der Waals surface area contributed by atoms with Gasteiger partial charge in [0.2, 0.25) is 5.91 Å². The van der Waals surface area contributed by atoms with Crippen molar-refractivity contribution >= 4 is 28.2 Å². The van der Waals surface area contributed by atoms with Crippen LogP contribution < -0.4 is 5.32 Å². The van der Waals surface area contributed by atoms with Crippen LogP contribution in [0.25, 0.3) is 0 Å². The lowest BCUT2D eigenvalue weighted by Crippen LogP contribution is -2.29. The van der Waals surface area contributed by atoms with Gasteiger partial charge in [0.1, 0.15) is 5.00 Å². The van der Waals surface area contributed by atoms with Crippen LogP contribution in [0.15, 0.2) is 0 Å². The second kappa shape index (κ2) is 5.77. The number of nitrogens with one attached hydrogen (secondary N) is 1. The molecule has 2 atom stereocenters. The van der Waals surface area contributed by atoms with Gasteiger partial charge in [0.15, 0.2) is 0 Å². The van der Waals surface area contributed by atoms with Crippen LogP contribution in [0, 0.1) is 5.92 Å². The summed E-state index contributed by atoms with van der Waals surface area (Å²) < 4.78 is 5.54. The molecule has 0 bridgehead atoms. The van der Waals surface area contributed by atoms with Gasteiger partial charge in [-0.15, -0.1) is 11.3 Å². The number of carbonyl (C=O) groups is 2.